The zero-order valence-electron chi connectivity index (χ0n) is 16.6. The monoisotopic (exact) mass is 395 g/mol. The molecule has 1 N–H and O–H groups in total. The van der Waals surface area contributed by atoms with Gasteiger partial charge in [0.25, 0.3) is 5.91 Å². The summed E-state index contributed by atoms with van der Waals surface area (Å²) in [5, 5.41) is 5.13. The molecule has 1 atom stereocenters. The maximum Gasteiger partial charge on any atom is 0.252 e. The molecular weight excluding hydrogens is 374 g/mol. The second kappa shape index (κ2) is 7.26. The number of fused-ring (bicyclic) bond motifs is 2. The average molecular weight is 395 g/mol. The van der Waals surface area contributed by atoms with Crippen LogP contribution in [0.3, 0.4) is 0 Å². The van der Waals surface area contributed by atoms with Crippen molar-refractivity contribution in [3.8, 4) is 5.75 Å². The first-order valence-corrected chi connectivity index (χ1v) is 9.98. The molecule has 1 amide bonds. The topological polar surface area (TPSA) is 64.1 Å². The average Bonchev–Trinajstić information content (AvgIpc) is 2.79. The molecule has 4 aromatic rings. The normalized spacial score (nSPS) is 17.8. The second-order valence-electron chi connectivity index (χ2n) is 7.58. The van der Waals surface area contributed by atoms with Crippen molar-refractivity contribution in [2.45, 2.75) is 18.9 Å². The molecule has 5 rings (SSSR count). The first-order valence-electron chi connectivity index (χ1n) is 9.98. The summed E-state index contributed by atoms with van der Waals surface area (Å²) >= 11 is 0. The number of hydrogen-bond acceptors (Lipinski definition) is 4. The Bertz CT molecular complexity index is 1230. The standard InChI is InChI=1S/C25H21N3O2/c1-17-7-9-19(10-8-17)25(12-15-30-22-6-3-13-27-23(22)25)28-24(29)21-5-2-4-18-16-26-14-11-20(18)21/h2-11,13-14,16H,12,15H2,1H3,(H,28,29)/t25-/m0/s1. The molecule has 0 bridgehead atoms. The second-order valence-corrected chi connectivity index (χ2v) is 7.58. The Balaban J connectivity index is 1.65. The van der Waals surface area contributed by atoms with Crippen molar-refractivity contribution < 1.29 is 9.53 Å². The number of pyridine rings is 2. The number of benzene rings is 2. The van der Waals surface area contributed by atoms with Crippen LogP contribution in [0, 0.1) is 6.92 Å². The fraction of sp³-hybridized carbons (Fsp3) is 0.160. The Morgan fingerprint density at radius 1 is 1.03 bits per heavy atom. The molecule has 0 radical (unpaired) electrons. The molecule has 2 aromatic heterocycles. The van der Waals surface area contributed by atoms with E-state index in [2.05, 4.69) is 46.5 Å². The number of aryl methyl sites for hydroxylation is 1. The molecule has 1 aliphatic rings. The van der Waals surface area contributed by atoms with Gasteiger partial charge in [0.2, 0.25) is 0 Å². The SMILES string of the molecule is Cc1ccc([C@@]2(NC(=O)c3cccc4cnccc34)CCOc3cccnc32)cc1. The highest BCUT2D eigenvalue weighted by atomic mass is 16.5. The number of amides is 1. The van der Waals surface area contributed by atoms with Crippen LogP contribution in [0.2, 0.25) is 0 Å². The van der Waals surface area contributed by atoms with E-state index < -0.39 is 5.54 Å². The van der Waals surface area contributed by atoms with Gasteiger partial charge in [-0.25, -0.2) is 0 Å². The van der Waals surface area contributed by atoms with Gasteiger partial charge in [-0.05, 0) is 42.1 Å². The van der Waals surface area contributed by atoms with Crippen molar-refractivity contribution in [1.82, 2.24) is 15.3 Å². The van der Waals surface area contributed by atoms with E-state index in [0.29, 0.717) is 24.3 Å². The molecule has 0 aliphatic carbocycles. The molecule has 0 fully saturated rings. The van der Waals surface area contributed by atoms with Gasteiger partial charge >= 0.3 is 0 Å². The van der Waals surface area contributed by atoms with E-state index in [1.165, 1.54) is 0 Å². The van der Waals surface area contributed by atoms with Crippen LogP contribution in [0.25, 0.3) is 10.8 Å². The van der Waals surface area contributed by atoms with Crippen LogP contribution in [0.1, 0.15) is 33.6 Å². The number of aromatic nitrogens is 2. The van der Waals surface area contributed by atoms with Gasteiger partial charge in [-0.15, -0.1) is 0 Å². The minimum atomic E-state index is -0.769. The van der Waals surface area contributed by atoms with Crippen LogP contribution in [0.5, 0.6) is 5.75 Å². The molecule has 0 spiro atoms. The van der Waals surface area contributed by atoms with Gasteiger partial charge < -0.3 is 10.1 Å². The van der Waals surface area contributed by atoms with Gasteiger partial charge in [-0.2, -0.15) is 0 Å². The minimum Gasteiger partial charge on any atom is -0.491 e. The summed E-state index contributed by atoms with van der Waals surface area (Å²) < 4.78 is 5.86. The van der Waals surface area contributed by atoms with Crippen molar-refractivity contribution >= 4 is 16.7 Å². The summed E-state index contributed by atoms with van der Waals surface area (Å²) in [6, 6.07) is 19.6. The third kappa shape index (κ3) is 2.99. The molecule has 3 heterocycles. The maximum absolute atomic E-state index is 13.6. The Morgan fingerprint density at radius 3 is 2.77 bits per heavy atom. The molecule has 0 saturated heterocycles. The summed E-state index contributed by atoms with van der Waals surface area (Å²) in [6.07, 6.45) is 5.82. The largest absolute Gasteiger partial charge is 0.491 e. The quantitative estimate of drug-likeness (QED) is 0.559. The lowest BCUT2D eigenvalue weighted by Gasteiger charge is -2.39. The lowest BCUT2D eigenvalue weighted by atomic mass is 9.80. The third-order valence-corrected chi connectivity index (χ3v) is 5.71. The van der Waals surface area contributed by atoms with Crippen molar-refractivity contribution in [2.24, 2.45) is 0 Å². The number of ether oxygens (including phenoxy) is 1. The van der Waals surface area contributed by atoms with E-state index >= 15 is 0 Å². The number of nitrogens with one attached hydrogen (secondary N) is 1. The van der Waals surface area contributed by atoms with Crippen molar-refractivity contribution in [3.63, 3.8) is 0 Å². The van der Waals surface area contributed by atoms with Crippen LogP contribution >= 0.6 is 0 Å². The van der Waals surface area contributed by atoms with Crippen molar-refractivity contribution in [2.75, 3.05) is 6.61 Å². The molecule has 148 valence electrons. The highest BCUT2D eigenvalue weighted by Crippen LogP contribution is 2.40. The molecule has 5 heteroatoms. The van der Waals surface area contributed by atoms with E-state index in [9.17, 15) is 4.79 Å². The smallest absolute Gasteiger partial charge is 0.252 e. The zero-order valence-corrected chi connectivity index (χ0v) is 16.6. The third-order valence-electron chi connectivity index (χ3n) is 5.71. The van der Waals surface area contributed by atoms with Crippen LogP contribution in [0.4, 0.5) is 0 Å². The molecule has 2 aromatic carbocycles. The molecule has 5 nitrogen and oxygen atoms in total. The summed E-state index contributed by atoms with van der Waals surface area (Å²) in [5.41, 5.74) is 2.73. The zero-order chi connectivity index (χ0) is 20.6. The van der Waals surface area contributed by atoms with Gasteiger partial charge in [0.15, 0.2) is 0 Å². The summed E-state index contributed by atoms with van der Waals surface area (Å²) in [7, 11) is 0. The lowest BCUT2D eigenvalue weighted by Crippen LogP contribution is -2.50. The van der Waals surface area contributed by atoms with Gasteiger partial charge in [0, 0.05) is 36.0 Å². The Morgan fingerprint density at radius 2 is 1.90 bits per heavy atom. The van der Waals surface area contributed by atoms with Crippen LogP contribution in [0.15, 0.2) is 79.3 Å². The van der Waals surface area contributed by atoms with E-state index in [4.69, 9.17) is 4.74 Å². The molecular formula is C25H21N3O2. The predicted octanol–water partition coefficient (Wildman–Crippen LogP) is 4.39. The highest BCUT2D eigenvalue weighted by molar-refractivity contribution is 6.07. The van der Waals surface area contributed by atoms with Gasteiger partial charge in [0.1, 0.15) is 17.0 Å². The van der Waals surface area contributed by atoms with E-state index in [1.807, 2.05) is 36.4 Å². The molecule has 30 heavy (non-hydrogen) atoms. The number of nitrogens with zero attached hydrogens (tertiary/aromatic N) is 2. The maximum atomic E-state index is 13.6. The number of carbonyl (C=O) groups is 1. The first kappa shape index (κ1) is 18.3. The van der Waals surface area contributed by atoms with E-state index in [-0.39, 0.29) is 5.91 Å². The fourth-order valence-corrected chi connectivity index (χ4v) is 4.15. The summed E-state index contributed by atoms with van der Waals surface area (Å²) in [4.78, 5) is 22.4. The number of carbonyl (C=O) groups excluding carboxylic acids is 1. The van der Waals surface area contributed by atoms with E-state index in [0.717, 1.165) is 27.6 Å². The van der Waals surface area contributed by atoms with Gasteiger partial charge in [-0.3, -0.25) is 14.8 Å². The van der Waals surface area contributed by atoms with Crippen molar-refractivity contribution in [3.05, 3.63) is 102 Å². The van der Waals surface area contributed by atoms with Crippen molar-refractivity contribution in [1.29, 1.82) is 0 Å². The number of rotatable bonds is 3. The summed E-state index contributed by atoms with van der Waals surface area (Å²) in [5.74, 6) is 0.553. The molecule has 0 unspecified atom stereocenters. The molecule has 0 saturated carbocycles. The van der Waals surface area contributed by atoms with Gasteiger partial charge in [0.05, 0.1) is 6.61 Å². The summed E-state index contributed by atoms with van der Waals surface area (Å²) in [6.45, 7) is 2.54. The lowest BCUT2D eigenvalue weighted by molar-refractivity contribution is 0.0885. The highest BCUT2D eigenvalue weighted by Gasteiger charge is 2.42. The molecule has 1 aliphatic heterocycles. The minimum absolute atomic E-state index is 0.147. The fourth-order valence-electron chi connectivity index (χ4n) is 4.15. The Hall–Kier alpha value is -3.73. The Kier molecular flexibility index (Phi) is 4.43. The van der Waals surface area contributed by atoms with Crippen LogP contribution in [-0.4, -0.2) is 22.5 Å². The number of hydrogen-bond donors (Lipinski definition) is 1. The van der Waals surface area contributed by atoms with E-state index in [1.54, 1.807) is 18.6 Å². The van der Waals surface area contributed by atoms with Crippen LogP contribution < -0.4 is 10.1 Å². The first-order chi connectivity index (χ1) is 14.7. The predicted molar refractivity (Wildman–Crippen MR) is 116 cm³/mol. The van der Waals surface area contributed by atoms with Crippen LogP contribution in [-0.2, 0) is 5.54 Å². The Labute approximate surface area is 174 Å². The van der Waals surface area contributed by atoms with Gasteiger partial charge in [-0.1, -0.05) is 42.0 Å².